The molecular weight excluding hydrogens is 371 g/mol. The van der Waals surface area contributed by atoms with Crippen molar-refractivity contribution in [2.24, 2.45) is 5.73 Å². The van der Waals surface area contributed by atoms with Gasteiger partial charge in [-0.25, -0.2) is 9.18 Å². The fourth-order valence-corrected chi connectivity index (χ4v) is 2.47. The normalized spacial score (nSPS) is 9.89. The Balaban J connectivity index is 0.000000244. The second-order valence-electron chi connectivity index (χ2n) is 5.43. The van der Waals surface area contributed by atoms with Gasteiger partial charge in [0, 0.05) is 28.9 Å². The van der Waals surface area contributed by atoms with E-state index in [2.05, 4.69) is 5.32 Å². The fraction of sp³-hybridized carbons (Fsp3) is 0.0500. The Morgan fingerprint density at radius 3 is 2.33 bits per heavy atom. The van der Waals surface area contributed by atoms with E-state index < -0.39 is 11.8 Å². The number of nitrogens with one attached hydrogen (secondary N) is 1. The molecule has 0 unspecified atom stereocenters. The highest BCUT2D eigenvalue weighted by atomic mass is 35.5. The van der Waals surface area contributed by atoms with Crippen LogP contribution < -0.4 is 11.1 Å². The van der Waals surface area contributed by atoms with Crippen molar-refractivity contribution in [2.45, 2.75) is 6.54 Å². The molecule has 0 aromatic heterocycles. The lowest BCUT2D eigenvalue weighted by Crippen LogP contribution is -2.03. The molecule has 0 aliphatic rings. The van der Waals surface area contributed by atoms with Crippen LogP contribution in [0.25, 0.3) is 0 Å². The average Bonchev–Trinajstić information content (AvgIpc) is 2.66. The lowest BCUT2D eigenvalue weighted by atomic mass is 10.1. The van der Waals surface area contributed by atoms with Crippen LogP contribution in [0.3, 0.4) is 0 Å². The molecule has 0 saturated heterocycles. The van der Waals surface area contributed by atoms with Crippen LogP contribution in [-0.2, 0) is 6.54 Å². The molecule has 0 aliphatic heterocycles. The minimum Gasteiger partial charge on any atom is -0.506 e. The molecule has 0 saturated carbocycles. The number of aromatic hydroxyl groups is 1. The van der Waals surface area contributed by atoms with Gasteiger partial charge in [0.05, 0.1) is 11.3 Å². The van der Waals surface area contributed by atoms with Gasteiger partial charge in [0.1, 0.15) is 11.6 Å². The first-order valence-electron chi connectivity index (χ1n) is 7.93. The van der Waals surface area contributed by atoms with E-state index in [1.165, 1.54) is 18.2 Å². The number of carboxylic acids is 1. The van der Waals surface area contributed by atoms with Crippen LogP contribution in [0.15, 0.2) is 66.7 Å². The third-order valence-electron chi connectivity index (χ3n) is 3.57. The molecule has 0 spiro atoms. The van der Waals surface area contributed by atoms with Crippen molar-refractivity contribution in [3.63, 3.8) is 0 Å². The number of rotatable bonds is 4. The van der Waals surface area contributed by atoms with Gasteiger partial charge in [0.25, 0.3) is 0 Å². The van der Waals surface area contributed by atoms with E-state index in [-0.39, 0.29) is 18.0 Å². The molecule has 0 radical (unpaired) electrons. The number of nitrogens with two attached hydrogens (primary N) is 1. The van der Waals surface area contributed by atoms with Gasteiger partial charge >= 0.3 is 5.97 Å². The number of benzene rings is 3. The molecule has 0 atom stereocenters. The number of phenols is 1. The standard InChI is InChI=1S/C13H12ClFN2O.C7H6O2/c14-10-2-1-3-11(9(10)7-16)17-12-6-8(15)4-5-13(12)18;8-7(9)6-4-2-1-3-5-6/h1-6,17-18H,7,16H2;1-5H,(H,8,9). The van der Waals surface area contributed by atoms with E-state index in [4.69, 9.17) is 22.4 Å². The maximum Gasteiger partial charge on any atom is 0.335 e. The molecule has 0 bridgehead atoms. The van der Waals surface area contributed by atoms with E-state index >= 15 is 0 Å². The predicted octanol–water partition coefficient (Wildman–Crippen LogP) is 4.77. The van der Waals surface area contributed by atoms with Crippen LogP contribution in [0.2, 0.25) is 5.02 Å². The second kappa shape index (κ2) is 9.56. The Labute approximate surface area is 160 Å². The lowest BCUT2D eigenvalue weighted by molar-refractivity contribution is 0.0697. The van der Waals surface area contributed by atoms with Gasteiger partial charge in [-0.05, 0) is 36.4 Å². The second-order valence-corrected chi connectivity index (χ2v) is 5.83. The van der Waals surface area contributed by atoms with Gasteiger partial charge in [0.2, 0.25) is 0 Å². The van der Waals surface area contributed by atoms with Crippen LogP contribution in [0, 0.1) is 5.82 Å². The first kappa shape index (κ1) is 20.2. The van der Waals surface area contributed by atoms with Crippen molar-refractivity contribution in [1.82, 2.24) is 0 Å². The number of hydrogen-bond acceptors (Lipinski definition) is 4. The molecule has 0 heterocycles. The maximum atomic E-state index is 13.1. The summed E-state index contributed by atoms with van der Waals surface area (Å²) in [6.07, 6.45) is 0. The maximum absolute atomic E-state index is 13.1. The van der Waals surface area contributed by atoms with Gasteiger partial charge in [-0.1, -0.05) is 35.9 Å². The van der Waals surface area contributed by atoms with E-state index in [0.29, 0.717) is 21.8 Å². The van der Waals surface area contributed by atoms with Crippen LogP contribution in [0.4, 0.5) is 15.8 Å². The molecule has 0 fully saturated rings. The number of carbonyl (C=O) groups is 1. The summed E-state index contributed by atoms with van der Waals surface area (Å²) in [6.45, 7) is 0.248. The van der Waals surface area contributed by atoms with Gasteiger partial charge in [-0.3, -0.25) is 0 Å². The van der Waals surface area contributed by atoms with Crippen LogP contribution in [-0.4, -0.2) is 16.2 Å². The third-order valence-corrected chi connectivity index (χ3v) is 3.93. The number of phenolic OH excluding ortho intramolecular Hbond substituents is 1. The van der Waals surface area contributed by atoms with E-state index in [9.17, 15) is 14.3 Å². The van der Waals surface area contributed by atoms with Crippen LogP contribution in [0.1, 0.15) is 15.9 Å². The van der Waals surface area contributed by atoms with Crippen molar-refractivity contribution in [3.8, 4) is 5.75 Å². The smallest absolute Gasteiger partial charge is 0.335 e. The number of aromatic carboxylic acids is 1. The Bertz CT molecular complexity index is 920. The average molecular weight is 389 g/mol. The summed E-state index contributed by atoms with van der Waals surface area (Å²) in [5.41, 5.74) is 7.57. The molecule has 0 amide bonds. The van der Waals surface area contributed by atoms with Gasteiger partial charge in [-0.2, -0.15) is 0 Å². The number of carboxylic acid groups (broad SMARTS) is 1. The molecule has 3 aromatic rings. The topological polar surface area (TPSA) is 95.6 Å². The van der Waals surface area contributed by atoms with Crippen molar-refractivity contribution < 1.29 is 19.4 Å². The monoisotopic (exact) mass is 388 g/mol. The summed E-state index contributed by atoms with van der Waals surface area (Å²) < 4.78 is 13.1. The quantitative estimate of drug-likeness (QED) is 0.483. The Morgan fingerprint density at radius 2 is 1.74 bits per heavy atom. The highest BCUT2D eigenvalue weighted by Gasteiger charge is 2.08. The van der Waals surface area contributed by atoms with Crippen molar-refractivity contribution in [2.75, 3.05) is 5.32 Å². The molecular formula is C20H18ClFN2O3. The van der Waals surface area contributed by atoms with Crippen LogP contribution >= 0.6 is 11.6 Å². The summed E-state index contributed by atoms with van der Waals surface area (Å²) in [5.74, 6) is -1.36. The molecule has 7 heteroatoms. The minimum absolute atomic E-state index is 0.0423. The Hall–Kier alpha value is -3.09. The lowest BCUT2D eigenvalue weighted by Gasteiger charge is -2.13. The summed E-state index contributed by atoms with van der Waals surface area (Å²) in [6, 6.07) is 17.2. The summed E-state index contributed by atoms with van der Waals surface area (Å²) >= 11 is 6.01. The fourth-order valence-electron chi connectivity index (χ4n) is 2.22. The highest BCUT2D eigenvalue weighted by Crippen LogP contribution is 2.31. The van der Waals surface area contributed by atoms with Gasteiger partial charge < -0.3 is 21.3 Å². The van der Waals surface area contributed by atoms with E-state index in [1.807, 2.05) is 0 Å². The van der Waals surface area contributed by atoms with Gasteiger partial charge in [0.15, 0.2) is 0 Å². The zero-order valence-electron chi connectivity index (χ0n) is 14.2. The predicted molar refractivity (Wildman–Crippen MR) is 104 cm³/mol. The van der Waals surface area contributed by atoms with E-state index in [0.717, 1.165) is 0 Å². The van der Waals surface area contributed by atoms with E-state index in [1.54, 1.807) is 48.5 Å². The van der Waals surface area contributed by atoms with Crippen molar-refractivity contribution in [1.29, 1.82) is 0 Å². The Kier molecular flexibility index (Phi) is 7.16. The Morgan fingerprint density at radius 1 is 1.04 bits per heavy atom. The molecule has 140 valence electrons. The molecule has 27 heavy (non-hydrogen) atoms. The zero-order valence-corrected chi connectivity index (χ0v) is 14.9. The summed E-state index contributed by atoms with van der Waals surface area (Å²) in [4.78, 5) is 10.2. The first-order chi connectivity index (χ1) is 12.9. The minimum atomic E-state index is -0.879. The molecule has 3 aromatic carbocycles. The molecule has 5 nitrogen and oxygen atoms in total. The largest absolute Gasteiger partial charge is 0.506 e. The molecule has 0 aliphatic carbocycles. The van der Waals surface area contributed by atoms with Gasteiger partial charge in [-0.15, -0.1) is 0 Å². The zero-order chi connectivity index (χ0) is 19.8. The summed E-state index contributed by atoms with van der Waals surface area (Å²) in [7, 11) is 0. The number of hydrogen-bond donors (Lipinski definition) is 4. The number of anilines is 2. The van der Waals surface area contributed by atoms with Crippen molar-refractivity contribution in [3.05, 3.63) is 88.7 Å². The SMILES string of the molecule is NCc1c(Cl)cccc1Nc1cc(F)ccc1O.O=C(O)c1ccccc1. The van der Waals surface area contributed by atoms with Crippen LogP contribution in [0.5, 0.6) is 5.75 Å². The number of halogens is 2. The molecule has 3 rings (SSSR count). The van der Waals surface area contributed by atoms with Crippen molar-refractivity contribution >= 4 is 28.9 Å². The summed E-state index contributed by atoms with van der Waals surface area (Å²) in [5, 5.41) is 21.5. The first-order valence-corrected chi connectivity index (χ1v) is 8.31. The molecule has 5 N–H and O–H groups in total. The highest BCUT2D eigenvalue weighted by molar-refractivity contribution is 6.31. The third kappa shape index (κ3) is 5.70.